The number of hydrogen-bond donors (Lipinski definition) is 1. The monoisotopic (exact) mass is 200 g/mol. The van der Waals surface area contributed by atoms with E-state index in [1.54, 1.807) is 0 Å². The van der Waals surface area contributed by atoms with Gasteiger partial charge in [-0.25, -0.2) is 0 Å². The Hall–Kier alpha value is -0.0800. The van der Waals surface area contributed by atoms with Gasteiger partial charge in [-0.15, -0.1) is 0 Å². The lowest BCUT2D eigenvalue weighted by Gasteiger charge is -2.33. The van der Waals surface area contributed by atoms with Crippen molar-refractivity contribution < 1.29 is 0 Å². The first-order valence-corrected chi connectivity index (χ1v) is 5.88. The zero-order chi connectivity index (χ0) is 11.2. The summed E-state index contributed by atoms with van der Waals surface area (Å²) in [5, 5.41) is 3.52. The summed E-state index contributed by atoms with van der Waals surface area (Å²) in [7, 11) is 0. The van der Waals surface area contributed by atoms with Crippen molar-refractivity contribution in [3.05, 3.63) is 0 Å². The molecule has 0 rings (SSSR count). The number of nitrogens with zero attached hydrogens (tertiary/aromatic N) is 1. The lowest BCUT2D eigenvalue weighted by atomic mass is 10.0. The molecule has 0 fully saturated rings. The van der Waals surface area contributed by atoms with Crippen molar-refractivity contribution in [3.8, 4) is 0 Å². The largest absolute Gasteiger partial charge is 0.311 e. The molecule has 0 aliphatic heterocycles. The summed E-state index contributed by atoms with van der Waals surface area (Å²) in [4.78, 5) is 2.52. The molecule has 0 amide bonds. The van der Waals surface area contributed by atoms with Crippen LogP contribution in [0.2, 0.25) is 0 Å². The van der Waals surface area contributed by atoms with Crippen LogP contribution in [0.4, 0.5) is 0 Å². The quantitative estimate of drug-likeness (QED) is 0.678. The Morgan fingerprint density at radius 3 is 2.14 bits per heavy atom. The average Bonchev–Trinajstić information content (AvgIpc) is 2.01. The second-order valence-corrected chi connectivity index (χ2v) is 5.14. The van der Waals surface area contributed by atoms with Crippen LogP contribution >= 0.6 is 0 Å². The molecule has 0 spiro atoms. The van der Waals surface area contributed by atoms with Crippen LogP contribution in [0, 0.1) is 5.92 Å². The first-order valence-electron chi connectivity index (χ1n) is 5.88. The predicted molar refractivity (Wildman–Crippen MR) is 64.7 cm³/mol. The lowest BCUT2D eigenvalue weighted by Crippen LogP contribution is -2.49. The van der Waals surface area contributed by atoms with Crippen LogP contribution in [0.25, 0.3) is 0 Å². The second kappa shape index (κ2) is 6.41. The molecule has 0 radical (unpaired) electrons. The molecule has 2 nitrogen and oxygen atoms in total. The third-order valence-electron chi connectivity index (χ3n) is 2.34. The standard InChI is InChI=1S/C12H28N2/c1-7-13-12(5,6)10-14(8-2)9-11(3)4/h11,13H,7-10H2,1-6H3. The minimum absolute atomic E-state index is 0.236. The van der Waals surface area contributed by atoms with Crippen molar-refractivity contribution in [2.75, 3.05) is 26.2 Å². The van der Waals surface area contributed by atoms with Crippen molar-refractivity contribution in [1.82, 2.24) is 10.2 Å². The minimum atomic E-state index is 0.236. The third-order valence-corrected chi connectivity index (χ3v) is 2.34. The highest BCUT2D eigenvalue weighted by Crippen LogP contribution is 2.07. The fraction of sp³-hybridized carbons (Fsp3) is 1.00. The fourth-order valence-electron chi connectivity index (χ4n) is 1.92. The van der Waals surface area contributed by atoms with E-state index in [-0.39, 0.29) is 5.54 Å². The van der Waals surface area contributed by atoms with E-state index >= 15 is 0 Å². The van der Waals surface area contributed by atoms with Gasteiger partial charge in [0.2, 0.25) is 0 Å². The van der Waals surface area contributed by atoms with Crippen LogP contribution in [0.5, 0.6) is 0 Å². The van der Waals surface area contributed by atoms with Gasteiger partial charge in [0.25, 0.3) is 0 Å². The van der Waals surface area contributed by atoms with Crippen LogP contribution in [0.1, 0.15) is 41.5 Å². The van der Waals surface area contributed by atoms with E-state index in [0.717, 1.165) is 25.6 Å². The van der Waals surface area contributed by atoms with E-state index in [0.29, 0.717) is 0 Å². The molecular weight excluding hydrogens is 172 g/mol. The Morgan fingerprint density at radius 1 is 1.21 bits per heavy atom. The topological polar surface area (TPSA) is 15.3 Å². The van der Waals surface area contributed by atoms with Crippen LogP contribution in [-0.4, -0.2) is 36.6 Å². The van der Waals surface area contributed by atoms with Crippen molar-refractivity contribution >= 4 is 0 Å². The highest BCUT2D eigenvalue weighted by molar-refractivity contribution is 4.81. The van der Waals surface area contributed by atoms with E-state index in [2.05, 4.69) is 51.8 Å². The summed E-state index contributed by atoms with van der Waals surface area (Å²) in [6.07, 6.45) is 0. The molecule has 0 atom stereocenters. The summed E-state index contributed by atoms with van der Waals surface area (Å²) in [5.41, 5.74) is 0.236. The Bertz CT molecular complexity index is 141. The van der Waals surface area contributed by atoms with Gasteiger partial charge in [-0.2, -0.15) is 0 Å². The molecule has 0 saturated heterocycles. The number of likely N-dealkylation sites (N-methyl/N-ethyl adjacent to an activating group) is 2. The maximum Gasteiger partial charge on any atom is 0.0252 e. The van der Waals surface area contributed by atoms with Crippen LogP contribution in [0.3, 0.4) is 0 Å². The molecule has 14 heavy (non-hydrogen) atoms. The summed E-state index contributed by atoms with van der Waals surface area (Å²) in [6, 6.07) is 0. The first kappa shape index (κ1) is 13.9. The Morgan fingerprint density at radius 2 is 1.79 bits per heavy atom. The maximum atomic E-state index is 3.52. The van der Waals surface area contributed by atoms with E-state index in [9.17, 15) is 0 Å². The Balaban J connectivity index is 4.02. The summed E-state index contributed by atoms with van der Waals surface area (Å²) in [6.45, 7) is 18.1. The van der Waals surface area contributed by atoms with Gasteiger partial charge in [0, 0.05) is 18.6 Å². The van der Waals surface area contributed by atoms with Gasteiger partial charge in [0.1, 0.15) is 0 Å². The number of rotatable bonds is 7. The molecule has 2 heteroatoms. The molecule has 0 aliphatic carbocycles. The van der Waals surface area contributed by atoms with Gasteiger partial charge >= 0.3 is 0 Å². The molecular formula is C12H28N2. The molecule has 0 heterocycles. The highest BCUT2D eigenvalue weighted by atomic mass is 15.2. The summed E-state index contributed by atoms with van der Waals surface area (Å²) < 4.78 is 0. The lowest BCUT2D eigenvalue weighted by molar-refractivity contribution is 0.192. The normalized spacial score (nSPS) is 12.9. The predicted octanol–water partition coefficient (Wildman–Crippen LogP) is 2.35. The summed E-state index contributed by atoms with van der Waals surface area (Å²) >= 11 is 0. The van der Waals surface area contributed by atoms with Crippen LogP contribution in [0.15, 0.2) is 0 Å². The second-order valence-electron chi connectivity index (χ2n) is 5.14. The molecule has 0 saturated carbocycles. The van der Waals surface area contributed by atoms with Gasteiger partial charge in [-0.1, -0.05) is 27.7 Å². The van der Waals surface area contributed by atoms with Gasteiger partial charge in [0.05, 0.1) is 0 Å². The molecule has 0 aromatic carbocycles. The molecule has 0 unspecified atom stereocenters. The molecule has 0 aromatic heterocycles. The molecule has 0 aliphatic rings. The maximum absolute atomic E-state index is 3.52. The molecule has 0 aromatic rings. The van der Waals surface area contributed by atoms with Crippen molar-refractivity contribution in [2.45, 2.75) is 47.1 Å². The molecule has 1 N–H and O–H groups in total. The smallest absolute Gasteiger partial charge is 0.0252 e. The van der Waals surface area contributed by atoms with Gasteiger partial charge in [0.15, 0.2) is 0 Å². The Labute approximate surface area is 90.1 Å². The van der Waals surface area contributed by atoms with Crippen molar-refractivity contribution in [1.29, 1.82) is 0 Å². The zero-order valence-corrected chi connectivity index (χ0v) is 10.9. The van der Waals surface area contributed by atoms with Crippen LogP contribution < -0.4 is 5.32 Å². The van der Waals surface area contributed by atoms with Gasteiger partial charge in [-0.05, 0) is 32.9 Å². The van der Waals surface area contributed by atoms with Crippen molar-refractivity contribution in [2.24, 2.45) is 5.92 Å². The number of hydrogen-bond acceptors (Lipinski definition) is 2. The van der Waals surface area contributed by atoms with E-state index in [4.69, 9.17) is 0 Å². The fourth-order valence-corrected chi connectivity index (χ4v) is 1.92. The molecule has 86 valence electrons. The average molecular weight is 200 g/mol. The van der Waals surface area contributed by atoms with E-state index in [1.165, 1.54) is 6.54 Å². The van der Waals surface area contributed by atoms with Gasteiger partial charge < -0.3 is 10.2 Å². The van der Waals surface area contributed by atoms with Crippen LogP contribution in [-0.2, 0) is 0 Å². The third kappa shape index (κ3) is 6.39. The number of nitrogens with one attached hydrogen (secondary N) is 1. The zero-order valence-electron chi connectivity index (χ0n) is 10.9. The Kier molecular flexibility index (Phi) is 6.38. The van der Waals surface area contributed by atoms with E-state index < -0.39 is 0 Å². The van der Waals surface area contributed by atoms with E-state index in [1.807, 2.05) is 0 Å². The molecule has 0 bridgehead atoms. The van der Waals surface area contributed by atoms with Gasteiger partial charge in [-0.3, -0.25) is 0 Å². The minimum Gasteiger partial charge on any atom is -0.311 e. The van der Waals surface area contributed by atoms with Crippen molar-refractivity contribution in [3.63, 3.8) is 0 Å². The SMILES string of the molecule is CCNC(C)(C)CN(CC)CC(C)C. The summed E-state index contributed by atoms with van der Waals surface area (Å²) in [5.74, 6) is 0.757. The highest BCUT2D eigenvalue weighted by Gasteiger charge is 2.19. The first-order chi connectivity index (χ1) is 6.41.